The third kappa shape index (κ3) is 3.71. The molecule has 7 heteroatoms. The van der Waals surface area contributed by atoms with Gasteiger partial charge >= 0.3 is 0 Å². The van der Waals surface area contributed by atoms with Crippen LogP contribution in [0.2, 0.25) is 5.02 Å². The van der Waals surface area contributed by atoms with Crippen molar-refractivity contribution in [2.45, 2.75) is 12.8 Å². The molecule has 3 heterocycles. The van der Waals surface area contributed by atoms with E-state index in [1.165, 1.54) is 0 Å². The van der Waals surface area contributed by atoms with Crippen molar-refractivity contribution in [2.75, 3.05) is 42.6 Å². The first-order chi connectivity index (χ1) is 10.6. The van der Waals surface area contributed by atoms with Crippen molar-refractivity contribution >= 4 is 51.0 Å². The molecule has 0 atom stereocenters. The van der Waals surface area contributed by atoms with Crippen LogP contribution in [0.4, 0.5) is 5.82 Å². The van der Waals surface area contributed by atoms with Crippen LogP contribution in [0, 0.1) is 5.92 Å². The highest BCUT2D eigenvalue weighted by molar-refractivity contribution is 9.10. The molecule has 0 unspecified atom stereocenters. The number of halogens is 2. The standard InChI is InChI=1S/C15H19BrClN3OS/c16-12-9-13(17)14(18-10-12)19-3-1-11(2-4-19)15(21)20-5-7-22-8-6-20/h9-11H,1-8H2. The highest BCUT2D eigenvalue weighted by Crippen LogP contribution is 2.30. The second-order valence-corrected chi connectivity index (χ2v) is 8.21. The number of rotatable bonds is 2. The predicted octanol–water partition coefficient (Wildman–Crippen LogP) is 3.29. The van der Waals surface area contributed by atoms with Crippen LogP contribution in [0.3, 0.4) is 0 Å². The van der Waals surface area contributed by atoms with E-state index in [0.717, 1.165) is 60.8 Å². The quantitative estimate of drug-likeness (QED) is 0.758. The Hall–Kier alpha value is -0.460. The Morgan fingerprint density at radius 3 is 2.59 bits per heavy atom. The highest BCUT2D eigenvalue weighted by Gasteiger charge is 2.30. The lowest BCUT2D eigenvalue weighted by molar-refractivity contribution is -0.135. The molecule has 22 heavy (non-hydrogen) atoms. The average Bonchev–Trinajstić information content (AvgIpc) is 2.55. The maximum atomic E-state index is 12.6. The summed E-state index contributed by atoms with van der Waals surface area (Å²) in [6.45, 7) is 3.49. The second-order valence-electron chi connectivity index (χ2n) is 5.66. The Morgan fingerprint density at radius 1 is 1.27 bits per heavy atom. The van der Waals surface area contributed by atoms with Crippen molar-refractivity contribution in [3.63, 3.8) is 0 Å². The summed E-state index contributed by atoms with van der Waals surface area (Å²) in [4.78, 5) is 21.2. The first kappa shape index (κ1) is 16.4. The number of piperidine rings is 1. The van der Waals surface area contributed by atoms with Crippen LogP contribution in [0.1, 0.15) is 12.8 Å². The van der Waals surface area contributed by atoms with E-state index in [1.807, 2.05) is 22.7 Å². The molecule has 120 valence electrons. The first-order valence-corrected chi connectivity index (χ1v) is 9.90. The Bertz CT molecular complexity index is 546. The average molecular weight is 405 g/mol. The topological polar surface area (TPSA) is 36.4 Å². The number of nitrogens with zero attached hydrogens (tertiary/aromatic N) is 3. The molecule has 0 aliphatic carbocycles. The van der Waals surface area contributed by atoms with Crippen molar-refractivity contribution in [1.82, 2.24) is 9.88 Å². The van der Waals surface area contributed by atoms with Gasteiger partial charge in [0.2, 0.25) is 5.91 Å². The SMILES string of the molecule is O=C(C1CCN(c2ncc(Br)cc2Cl)CC1)N1CCSCC1. The molecule has 0 N–H and O–H groups in total. The largest absolute Gasteiger partial charge is 0.355 e. The molecule has 1 amide bonds. The van der Waals surface area contributed by atoms with E-state index in [9.17, 15) is 4.79 Å². The first-order valence-electron chi connectivity index (χ1n) is 7.57. The molecule has 0 bridgehead atoms. The van der Waals surface area contributed by atoms with Crippen LogP contribution in [0.25, 0.3) is 0 Å². The number of pyridine rings is 1. The van der Waals surface area contributed by atoms with Crippen molar-refractivity contribution in [2.24, 2.45) is 5.92 Å². The van der Waals surface area contributed by atoms with E-state index < -0.39 is 0 Å². The van der Waals surface area contributed by atoms with Crippen LogP contribution < -0.4 is 4.90 Å². The zero-order valence-corrected chi connectivity index (χ0v) is 15.5. The number of anilines is 1. The van der Waals surface area contributed by atoms with E-state index in [1.54, 1.807) is 6.20 Å². The maximum Gasteiger partial charge on any atom is 0.225 e. The molecule has 2 saturated heterocycles. The lowest BCUT2D eigenvalue weighted by atomic mass is 9.95. The van der Waals surface area contributed by atoms with Gasteiger partial charge < -0.3 is 9.80 Å². The normalized spacial score (nSPS) is 20.3. The molecule has 3 rings (SSSR count). The van der Waals surface area contributed by atoms with Gasteiger partial charge in [0.05, 0.1) is 5.02 Å². The molecular formula is C15H19BrClN3OS. The summed E-state index contributed by atoms with van der Waals surface area (Å²) in [6, 6.07) is 1.87. The van der Waals surface area contributed by atoms with Crippen molar-refractivity contribution in [3.05, 3.63) is 21.8 Å². The summed E-state index contributed by atoms with van der Waals surface area (Å²) in [7, 11) is 0. The van der Waals surface area contributed by atoms with Gasteiger partial charge in [-0.05, 0) is 34.8 Å². The number of carbonyl (C=O) groups excluding carboxylic acids is 1. The summed E-state index contributed by atoms with van der Waals surface area (Å²) >= 11 is 11.6. The van der Waals surface area contributed by atoms with Crippen LogP contribution in [0.5, 0.6) is 0 Å². The molecular weight excluding hydrogens is 386 g/mol. The van der Waals surface area contributed by atoms with Gasteiger partial charge in [0.25, 0.3) is 0 Å². The smallest absolute Gasteiger partial charge is 0.225 e. The van der Waals surface area contributed by atoms with Gasteiger partial charge in [-0.25, -0.2) is 4.98 Å². The minimum absolute atomic E-state index is 0.161. The van der Waals surface area contributed by atoms with Gasteiger partial charge in [-0.15, -0.1) is 0 Å². The van der Waals surface area contributed by atoms with Gasteiger partial charge in [0, 0.05) is 54.3 Å². The molecule has 2 fully saturated rings. The minimum atomic E-state index is 0.161. The van der Waals surface area contributed by atoms with Crippen molar-refractivity contribution in [3.8, 4) is 0 Å². The Labute approximate surface area is 148 Å². The number of hydrogen-bond acceptors (Lipinski definition) is 4. The van der Waals surface area contributed by atoms with Gasteiger partial charge in [0.1, 0.15) is 5.82 Å². The predicted molar refractivity (Wildman–Crippen MR) is 95.8 cm³/mol. The Morgan fingerprint density at radius 2 is 1.95 bits per heavy atom. The lowest BCUT2D eigenvalue weighted by Gasteiger charge is -2.36. The van der Waals surface area contributed by atoms with Gasteiger partial charge in [-0.3, -0.25) is 4.79 Å². The molecule has 1 aromatic rings. The Balaban J connectivity index is 1.59. The Kier molecular flexibility index (Phi) is 5.52. The molecule has 0 aromatic carbocycles. The van der Waals surface area contributed by atoms with E-state index in [4.69, 9.17) is 11.6 Å². The monoisotopic (exact) mass is 403 g/mol. The van der Waals surface area contributed by atoms with Gasteiger partial charge in [0.15, 0.2) is 0 Å². The van der Waals surface area contributed by atoms with Crippen LogP contribution in [0.15, 0.2) is 16.7 Å². The molecule has 2 aliphatic heterocycles. The molecule has 0 spiro atoms. The van der Waals surface area contributed by atoms with Crippen LogP contribution in [-0.4, -0.2) is 53.5 Å². The van der Waals surface area contributed by atoms with Crippen molar-refractivity contribution < 1.29 is 4.79 Å². The van der Waals surface area contributed by atoms with Gasteiger partial charge in [-0.2, -0.15) is 11.8 Å². The number of carbonyl (C=O) groups is 1. The highest BCUT2D eigenvalue weighted by atomic mass is 79.9. The lowest BCUT2D eigenvalue weighted by Crippen LogP contribution is -2.45. The van der Waals surface area contributed by atoms with E-state index in [2.05, 4.69) is 25.8 Å². The van der Waals surface area contributed by atoms with E-state index in [0.29, 0.717) is 10.9 Å². The fourth-order valence-corrected chi connectivity index (χ4v) is 4.67. The zero-order valence-electron chi connectivity index (χ0n) is 12.3. The third-order valence-electron chi connectivity index (χ3n) is 4.25. The molecule has 0 saturated carbocycles. The molecule has 4 nitrogen and oxygen atoms in total. The molecule has 1 aromatic heterocycles. The van der Waals surface area contributed by atoms with Crippen LogP contribution >= 0.6 is 39.3 Å². The number of amides is 1. The summed E-state index contributed by atoms with van der Waals surface area (Å²) in [5, 5.41) is 0.659. The molecule has 0 radical (unpaired) electrons. The fourth-order valence-electron chi connectivity index (χ4n) is 3.02. The zero-order chi connectivity index (χ0) is 15.5. The fraction of sp³-hybridized carbons (Fsp3) is 0.600. The third-order valence-corrected chi connectivity index (χ3v) is 5.91. The summed E-state index contributed by atoms with van der Waals surface area (Å²) in [5.74, 6) is 3.47. The van der Waals surface area contributed by atoms with E-state index in [-0.39, 0.29) is 5.92 Å². The number of thioether (sulfide) groups is 1. The van der Waals surface area contributed by atoms with Crippen molar-refractivity contribution in [1.29, 1.82) is 0 Å². The number of aromatic nitrogens is 1. The minimum Gasteiger partial charge on any atom is -0.355 e. The summed E-state index contributed by atoms with van der Waals surface area (Å²) < 4.78 is 0.884. The van der Waals surface area contributed by atoms with Crippen LogP contribution in [-0.2, 0) is 4.79 Å². The number of hydrogen-bond donors (Lipinski definition) is 0. The van der Waals surface area contributed by atoms with Gasteiger partial charge in [-0.1, -0.05) is 11.6 Å². The maximum absolute atomic E-state index is 12.6. The molecule has 2 aliphatic rings. The summed E-state index contributed by atoms with van der Waals surface area (Å²) in [6.07, 6.45) is 3.54. The van der Waals surface area contributed by atoms with E-state index >= 15 is 0 Å². The summed E-state index contributed by atoms with van der Waals surface area (Å²) in [5.41, 5.74) is 0. The second kappa shape index (κ2) is 7.41.